The Bertz CT molecular complexity index is 76.1. The average Bonchev–Trinajstić information content (AvgIpc) is 2.23. The van der Waals surface area contributed by atoms with Crippen LogP contribution in [0, 0.1) is 6.42 Å². The van der Waals surface area contributed by atoms with Gasteiger partial charge in [-0.25, -0.2) is 0 Å². The van der Waals surface area contributed by atoms with Gasteiger partial charge in [-0.15, -0.1) is 0 Å². The molecule has 0 N–H and O–H groups in total. The number of hydrogen-bond acceptors (Lipinski definition) is 1. The summed E-state index contributed by atoms with van der Waals surface area (Å²) >= 11 is 2.00. The van der Waals surface area contributed by atoms with Crippen molar-refractivity contribution in [1.29, 1.82) is 0 Å². The Morgan fingerprint density at radius 1 is 0.857 bits per heavy atom. The van der Waals surface area contributed by atoms with E-state index < -0.39 is 0 Å². The van der Waals surface area contributed by atoms with Crippen molar-refractivity contribution in [2.45, 2.75) is 0 Å². The van der Waals surface area contributed by atoms with E-state index in [9.17, 15) is 0 Å². The summed E-state index contributed by atoms with van der Waals surface area (Å²) in [5.74, 6) is 0. The summed E-state index contributed by atoms with van der Waals surface area (Å²) in [6.07, 6.45) is 10.0. The van der Waals surface area contributed by atoms with Crippen LogP contribution >= 0.6 is 0 Å². The Kier molecular flexibility index (Phi) is 5.63. The molecule has 1 rings (SSSR count). The molecule has 0 aromatic rings. The van der Waals surface area contributed by atoms with E-state index in [4.69, 9.17) is 3.83 Å². The molecule has 0 unspecified atom stereocenters. The fourth-order valence-electron chi connectivity index (χ4n) is 0.321. The van der Waals surface area contributed by atoms with Gasteiger partial charge in [-0.05, 0) is 0 Å². The molecule has 1 radical (unpaired) electrons. The fraction of sp³-hybridized carbons (Fsp3) is 0. The van der Waals surface area contributed by atoms with E-state index >= 15 is 0 Å². The third kappa shape index (κ3) is 3.63. The average molecular weight is 137 g/mol. The number of rotatable bonds is 0. The molecule has 0 saturated carbocycles. The molecule has 1 nitrogen and oxygen atoms in total. The summed E-state index contributed by atoms with van der Waals surface area (Å²) < 4.78 is 8.00. The molecule has 0 aliphatic heterocycles. The van der Waals surface area contributed by atoms with E-state index in [1.165, 1.54) is 0 Å². The minimum absolute atomic E-state index is 2.00. The molecule has 0 aromatic heterocycles. The molecule has 0 saturated heterocycles. The van der Waals surface area contributed by atoms with Gasteiger partial charge in [-0.1, -0.05) is 24.3 Å². The molecule has 0 aromatic carbocycles. The summed E-state index contributed by atoms with van der Waals surface area (Å²) in [6, 6.07) is 0. The maximum atomic E-state index is 8.00. The first-order valence-electron chi connectivity index (χ1n) is 1.81. The Morgan fingerprint density at radius 3 is 1.43 bits per heavy atom. The van der Waals surface area contributed by atoms with E-state index in [2.05, 4.69) is 0 Å². The predicted octanol–water partition coefficient (Wildman–Crippen LogP) is 1.20. The van der Waals surface area contributed by atoms with E-state index in [-0.39, 0.29) is 0 Å². The van der Waals surface area contributed by atoms with Crippen molar-refractivity contribution in [3.63, 3.8) is 0 Å². The normalized spacial score (nSPS) is 13.3. The van der Waals surface area contributed by atoms with Crippen molar-refractivity contribution in [2.75, 3.05) is 0 Å². The van der Waals surface area contributed by atoms with Gasteiger partial charge in [0.15, 0.2) is 0 Å². The van der Waals surface area contributed by atoms with Crippen molar-refractivity contribution in [1.82, 2.24) is 0 Å². The maximum absolute atomic E-state index is 8.00. The SMILES string of the molecule is [CH]1C=CC=C1.[O]=[Fe]. The van der Waals surface area contributed by atoms with Crippen LogP contribution in [-0.2, 0) is 19.8 Å². The zero-order valence-corrected chi connectivity index (χ0v) is 4.75. The van der Waals surface area contributed by atoms with Crippen molar-refractivity contribution in [3.05, 3.63) is 30.7 Å². The summed E-state index contributed by atoms with van der Waals surface area (Å²) in [5, 5.41) is 0. The molecule has 39 valence electrons. The second kappa shape index (κ2) is 5.80. The van der Waals surface area contributed by atoms with Gasteiger partial charge in [-0.2, -0.15) is 0 Å². The van der Waals surface area contributed by atoms with Crippen molar-refractivity contribution < 1.29 is 19.8 Å². The molecule has 0 amide bonds. The number of allylic oxidation sites excluding steroid dienone is 4. The van der Waals surface area contributed by atoms with Gasteiger partial charge in [0.05, 0.1) is 0 Å². The van der Waals surface area contributed by atoms with Crippen LogP contribution in [0.3, 0.4) is 0 Å². The molecule has 0 heterocycles. The first-order valence-corrected chi connectivity index (χ1v) is 2.26. The molecule has 0 atom stereocenters. The second-order valence-corrected chi connectivity index (χ2v) is 0.962. The van der Waals surface area contributed by atoms with E-state index in [1.807, 2.05) is 46.7 Å². The molecular formula is C5H5FeO. The van der Waals surface area contributed by atoms with Crippen LogP contribution in [-0.4, -0.2) is 0 Å². The van der Waals surface area contributed by atoms with Gasteiger partial charge in [0.1, 0.15) is 0 Å². The standard InChI is InChI=1S/C5H5.Fe.O/c1-2-4-5-3-1;;/h1-5H;;. The van der Waals surface area contributed by atoms with Crippen LogP contribution < -0.4 is 0 Å². The predicted molar refractivity (Wildman–Crippen MR) is 23.3 cm³/mol. The van der Waals surface area contributed by atoms with E-state index in [1.54, 1.807) is 0 Å². The van der Waals surface area contributed by atoms with E-state index in [0.29, 0.717) is 0 Å². The fourth-order valence-corrected chi connectivity index (χ4v) is 0.321. The van der Waals surface area contributed by atoms with E-state index in [0.717, 1.165) is 0 Å². The third-order valence-corrected chi connectivity index (χ3v) is 0.556. The van der Waals surface area contributed by atoms with Crippen LogP contribution in [0.4, 0.5) is 0 Å². The number of hydrogen-bond donors (Lipinski definition) is 0. The third-order valence-electron chi connectivity index (χ3n) is 0.556. The quantitative estimate of drug-likeness (QED) is 0.458. The summed E-state index contributed by atoms with van der Waals surface area (Å²) in [6.45, 7) is 0. The summed E-state index contributed by atoms with van der Waals surface area (Å²) in [5.41, 5.74) is 0. The van der Waals surface area contributed by atoms with Gasteiger partial charge in [0.25, 0.3) is 0 Å². The Hall–Kier alpha value is -0.201. The molecule has 0 spiro atoms. The van der Waals surface area contributed by atoms with Crippen LogP contribution in [0.2, 0.25) is 0 Å². The molecule has 7 heavy (non-hydrogen) atoms. The molecular weight excluding hydrogens is 132 g/mol. The molecule has 2 heteroatoms. The topological polar surface area (TPSA) is 17.1 Å². The van der Waals surface area contributed by atoms with Gasteiger partial charge < -0.3 is 0 Å². The van der Waals surface area contributed by atoms with Crippen molar-refractivity contribution in [3.8, 4) is 0 Å². The molecule has 0 fully saturated rings. The van der Waals surface area contributed by atoms with Gasteiger partial charge in [0.2, 0.25) is 0 Å². The van der Waals surface area contributed by atoms with Gasteiger partial charge >= 0.3 is 19.8 Å². The van der Waals surface area contributed by atoms with Crippen LogP contribution in [0.15, 0.2) is 24.3 Å². The molecule has 1 aliphatic carbocycles. The minimum atomic E-state index is 2.00. The molecule has 0 bridgehead atoms. The Balaban J connectivity index is 0.000000162. The van der Waals surface area contributed by atoms with Crippen LogP contribution in [0.5, 0.6) is 0 Å². The van der Waals surface area contributed by atoms with Gasteiger partial charge in [-0.3, -0.25) is 0 Å². The van der Waals surface area contributed by atoms with Crippen molar-refractivity contribution in [2.24, 2.45) is 0 Å². The zero-order chi connectivity index (χ0) is 5.54. The van der Waals surface area contributed by atoms with Crippen LogP contribution in [0.1, 0.15) is 0 Å². The van der Waals surface area contributed by atoms with Crippen molar-refractivity contribution >= 4 is 0 Å². The Morgan fingerprint density at radius 2 is 1.29 bits per heavy atom. The first-order chi connectivity index (χ1) is 3.50. The molecule has 1 aliphatic rings. The summed E-state index contributed by atoms with van der Waals surface area (Å²) in [7, 11) is 0. The Labute approximate surface area is 51.1 Å². The summed E-state index contributed by atoms with van der Waals surface area (Å²) in [4.78, 5) is 0. The second-order valence-electron chi connectivity index (χ2n) is 0.962. The zero-order valence-electron chi connectivity index (χ0n) is 3.65. The monoisotopic (exact) mass is 137 g/mol. The van der Waals surface area contributed by atoms with Crippen LogP contribution in [0.25, 0.3) is 0 Å². The van der Waals surface area contributed by atoms with Gasteiger partial charge in [0, 0.05) is 6.42 Å². The first kappa shape index (κ1) is 6.80.